The molecular formula is C15H17ClN4O2. The molecule has 0 bridgehead atoms. The Hall–Kier alpha value is -2.34. The molecule has 2 rings (SSSR count). The van der Waals surface area contributed by atoms with Crippen molar-refractivity contribution in [1.29, 1.82) is 0 Å². The number of hydrogen-bond acceptors (Lipinski definition) is 3. The van der Waals surface area contributed by atoms with Crippen LogP contribution >= 0.6 is 11.6 Å². The normalized spacial score (nSPS) is 10.3. The predicted molar refractivity (Wildman–Crippen MR) is 86.0 cm³/mol. The van der Waals surface area contributed by atoms with Gasteiger partial charge < -0.3 is 10.6 Å². The van der Waals surface area contributed by atoms with E-state index in [-0.39, 0.29) is 11.8 Å². The molecule has 0 saturated carbocycles. The Bertz CT molecular complexity index is 679. The molecular weight excluding hydrogens is 304 g/mol. The molecule has 0 unspecified atom stereocenters. The van der Waals surface area contributed by atoms with Crippen molar-refractivity contribution in [3.05, 3.63) is 41.2 Å². The molecule has 0 saturated heterocycles. The van der Waals surface area contributed by atoms with E-state index in [0.29, 0.717) is 29.4 Å². The van der Waals surface area contributed by atoms with Crippen LogP contribution in [-0.2, 0) is 16.1 Å². The summed E-state index contributed by atoms with van der Waals surface area (Å²) in [6.07, 6.45) is 1.86. The van der Waals surface area contributed by atoms with Gasteiger partial charge in [-0.15, -0.1) is 0 Å². The Morgan fingerprint density at radius 2 is 1.77 bits per heavy atom. The highest BCUT2D eigenvalue weighted by Crippen LogP contribution is 2.15. The molecule has 116 valence electrons. The van der Waals surface area contributed by atoms with Crippen LogP contribution in [0.25, 0.3) is 0 Å². The fourth-order valence-electron chi connectivity index (χ4n) is 1.92. The van der Waals surface area contributed by atoms with Crippen molar-refractivity contribution in [1.82, 2.24) is 9.78 Å². The first-order valence-corrected chi connectivity index (χ1v) is 7.19. The van der Waals surface area contributed by atoms with E-state index in [9.17, 15) is 9.59 Å². The highest BCUT2D eigenvalue weighted by atomic mass is 35.5. The maximum atomic E-state index is 11.9. The number of benzene rings is 1. The number of anilines is 2. The van der Waals surface area contributed by atoms with Crippen LogP contribution in [0.4, 0.5) is 11.4 Å². The van der Waals surface area contributed by atoms with Crippen LogP contribution in [0.2, 0.25) is 5.02 Å². The van der Waals surface area contributed by atoms with Crippen LogP contribution in [0.15, 0.2) is 30.5 Å². The van der Waals surface area contributed by atoms with Gasteiger partial charge in [-0.2, -0.15) is 5.10 Å². The Labute approximate surface area is 133 Å². The summed E-state index contributed by atoms with van der Waals surface area (Å²) < 4.78 is 1.70. The van der Waals surface area contributed by atoms with Crippen molar-refractivity contribution < 1.29 is 9.59 Å². The first kappa shape index (κ1) is 16.0. The number of halogens is 1. The van der Waals surface area contributed by atoms with Gasteiger partial charge in [-0.1, -0.05) is 11.6 Å². The lowest BCUT2D eigenvalue weighted by molar-refractivity contribution is -0.116. The van der Waals surface area contributed by atoms with E-state index in [4.69, 9.17) is 11.6 Å². The number of nitrogens with one attached hydrogen (secondary N) is 2. The molecule has 1 heterocycles. The number of aromatic nitrogens is 2. The fraction of sp³-hybridized carbons (Fsp3) is 0.267. The van der Waals surface area contributed by atoms with Gasteiger partial charge in [-0.05, 0) is 31.2 Å². The smallest absolute Gasteiger partial charge is 0.226 e. The van der Waals surface area contributed by atoms with E-state index in [1.165, 1.54) is 6.92 Å². The predicted octanol–water partition coefficient (Wildman–Crippen LogP) is 2.83. The van der Waals surface area contributed by atoms with Crippen LogP contribution in [0.5, 0.6) is 0 Å². The van der Waals surface area contributed by atoms with Crippen molar-refractivity contribution in [2.24, 2.45) is 0 Å². The van der Waals surface area contributed by atoms with E-state index in [1.807, 2.05) is 6.92 Å². The first-order valence-electron chi connectivity index (χ1n) is 6.81. The summed E-state index contributed by atoms with van der Waals surface area (Å²) in [4.78, 5) is 22.8. The molecule has 0 aliphatic rings. The van der Waals surface area contributed by atoms with Gasteiger partial charge in [-0.25, -0.2) is 0 Å². The molecule has 0 aliphatic heterocycles. The van der Waals surface area contributed by atoms with Crippen LogP contribution in [-0.4, -0.2) is 21.6 Å². The van der Waals surface area contributed by atoms with Gasteiger partial charge in [0.1, 0.15) is 0 Å². The number of carbonyl (C=O) groups excluding carboxylic acids is 2. The molecule has 6 nitrogen and oxygen atoms in total. The molecule has 2 amide bonds. The second-order valence-electron chi connectivity index (χ2n) is 4.86. The van der Waals surface area contributed by atoms with Gasteiger partial charge >= 0.3 is 0 Å². The summed E-state index contributed by atoms with van der Waals surface area (Å²) in [5, 5.41) is 10.1. The number of rotatable bonds is 5. The number of aryl methyl sites for hydroxylation is 1. The van der Waals surface area contributed by atoms with Crippen LogP contribution in [0, 0.1) is 6.92 Å². The minimum Gasteiger partial charge on any atom is -0.326 e. The maximum Gasteiger partial charge on any atom is 0.226 e. The number of hydrogen-bond donors (Lipinski definition) is 2. The molecule has 22 heavy (non-hydrogen) atoms. The van der Waals surface area contributed by atoms with Crippen molar-refractivity contribution in [2.75, 3.05) is 10.6 Å². The average Bonchev–Trinajstić information content (AvgIpc) is 2.78. The molecule has 2 aromatic rings. The largest absolute Gasteiger partial charge is 0.326 e. The standard InChI is InChI=1S/C15H17ClN4O2/c1-10-14(16)9-17-20(10)8-7-15(22)19-13-5-3-12(4-6-13)18-11(2)21/h3-6,9H,7-8H2,1-2H3,(H,18,21)(H,19,22). The zero-order valence-corrected chi connectivity index (χ0v) is 13.1. The molecule has 0 atom stereocenters. The van der Waals surface area contributed by atoms with Crippen LogP contribution < -0.4 is 10.6 Å². The molecule has 0 spiro atoms. The lowest BCUT2D eigenvalue weighted by Crippen LogP contribution is -2.15. The minimum absolute atomic E-state index is 0.113. The van der Waals surface area contributed by atoms with Crippen LogP contribution in [0.3, 0.4) is 0 Å². The SMILES string of the molecule is CC(=O)Nc1ccc(NC(=O)CCn2ncc(Cl)c2C)cc1. The summed E-state index contributed by atoms with van der Waals surface area (Å²) >= 11 is 5.91. The van der Waals surface area contributed by atoms with Crippen molar-refractivity contribution in [2.45, 2.75) is 26.8 Å². The second kappa shape index (κ2) is 7.09. The van der Waals surface area contributed by atoms with E-state index < -0.39 is 0 Å². The molecule has 1 aromatic heterocycles. The molecule has 2 N–H and O–H groups in total. The zero-order valence-electron chi connectivity index (χ0n) is 12.4. The van der Waals surface area contributed by atoms with Crippen molar-refractivity contribution in [3.8, 4) is 0 Å². The van der Waals surface area contributed by atoms with Gasteiger partial charge in [0.15, 0.2) is 0 Å². The van der Waals surface area contributed by atoms with E-state index in [0.717, 1.165) is 5.69 Å². The van der Waals surface area contributed by atoms with Gasteiger partial charge in [0.2, 0.25) is 11.8 Å². The van der Waals surface area contributed by atoms with E-state index in [1.54, 1.807) is 35.1 Å². The van der Waals surface area contributed by atoms with Gasteiger partial charge in [0.05, 0.1) is 23.5 Å². The molecule has 0 radical (unpaired) electrons. The molecule has 0 fully saturated rings. The lowest BCUT2D eigenvalue weighted by Gasteiger charge is -2.08. The summed E-state index contributed by atoms with van der Waals surface area (Å²) in [5.74, 6) is -0.247. The number of amides is 2. The lowest BCUT2D eigenvalue weighted by atomic mass is 10.2. The first-order chi connectivity index (χ1) is 10.5. The quantitative estimate of drug-likeness (QED) is 0.889. The third-order valence-electron chi connectivity index (χ3n) is 3.08. The Balaban J connectivity index is 1.86. The van der Waals surface area contributed by atoms with Gasteiger partial charge in [-0.3, -0.25) is 14.3 Å². The monoisotopic (exact) mass is 320 g/mol. The Morgan fingerprint density at radius 1 is 1.18 bits per heavy atom. The summed E-state index contributed by atoms with van der Waals surface area (Å²) in [5.41, 5.74) is 2.20. The number of nitrogens with zero attached hydrogens (tertiary/aromatic N) is 2. The minimum atomic E-state index is -0.134. The Kier molecular flexibility index (Phi) is 5.16. The third kappa shape index (κ3) is 4.33. The van der Waals surface area contributed by atoms with Crippen molar-refractivity contribution in [3.63, 3.8) is 0 Å². The van der Waals surface area contributed by atoms with Gasteiger partial charge in [0.25, 0.3) is 0 Å². The highest BCUT2D eigenvalue weighted by molar-refractivity contribution is 6.31. The molecule has 7 heteroatoms. The zero-order chi connectivity index (χ0) is 16.1. The topological polar surface area (TPSA) is 76.0 Å². The summed E-state index contributed by atoms with van der Waals surface area (Å²) in [7, 11) is 0. The summed E-state index contributed by atoms with van der Waals surface area (Å²) in [6, 6.07) is 6.93. The molecule has 0 aliphatic carbocycles. The van der Waals surface area contributed by atoms with Crippen LogP contribution in [0.1, 0.15) is 19.0 Å². The maximum absolute atomic E-state index is 11.9. The highest BCUT2D eigenvalue weighted by Gasteiger charge is 2.07. The van der Waals surface area contributed by atoms with E-state index >= 15 is 0 Å². The van der Waals surface area contributed by atoms with Crippen molar-refractivity contribution >= 4 is 34.8 Å². The Morgan fingerprint density at radius 3 is 2.27 bits per heavy atom. The van der Waals surface area contributed by atoms with E-state index in [2.05, 4.69) is 15.7 Å². The summed E-state index contributed by atoms with van der Waals surface area (Å²) in [6.45, 7) is 3.77. The second-order valence-corrected chi connectivity index (χ2v) is 5.26. The van der Waals surface area contributed by atoms with Gasteiger partial charge in [0, 0.05) is 24.7 Å². The molecule has 1 aromatic carbocycles. The number of carbonyl (C=O) groups is 2. The third-order valence-corrected chi connectivity index (χ3v) is 3.45. The average molecular weight is 321 g/mol. The fourth-order valence-corrected chi connectivity index (χ4v) is 2.06.